The second kappa shape index (κ2) is 5.50. The summed E-state index contributed by atoms with van der Waals surface area (Å²) < 4.78 is 5.76. The molecule has 0 spiro atoms. The molecule has 0 radical (unpaired) electrons. The molecule has 2 rings (SSSR count). The largest absolute Gasteiger partial charge is 0.493 e. The predicted molar refractivity (Wildman–Crippen MR) is 76.7 cm³/mol. The molecule has 0 saturated carbocycles. The van der Waals surface area contributed by atoms with Crippen LogP contribution in [0, 0.1) is 5.41 Å². The van der Waals surface area contributed by atoms with Crippen LogP contribution in [0.4, 0.5) is 0 Å². The van der Waals surface area contributed by atoms with E-state index in [1.54, 1.807) is 0 Å². The molecular weight excluding hydrogens is 246 g/mol. The maximum absolute atomic E-state index is 6.19. The van der Waals surface area contributed by atoms with E-state index in [1.807, 2.05) is 13.1 Å². The second-order valence-corrected chi connectivity index (χ2v) is 6.28. The number of rotatable bonds is 5. The van der Waals surface area contributed by atoms with Crippen molar-refractivity contribution in [3.05, 3.63) is 28.3 Å². The van der Waals surface area contributed by atoms with E-state index in [1.165, 1.54) is 11.1 Å². The Hall–Kier alpha value is -0.730. The monoisotopic (exact) mass is 267 g/mol. The quantitative estimate of drug-likeness (QED) is 0.882. The van der Waals surface area contributed by atoms with Crippen LogP contribution in [0.25, 0.3) is 0 Å². The number of nitrogens with one attached hydrogen (secondary N) is 1. The zero-order valence-corrected chi connectivity index (χ0v) is 12.2. The Morgan fingerprint density at radius 2 is 2.17 bits per heavy atom. The molecule has 0 aliphatic carbocycles. The molecular formula is C15H22ClNO. The van der Waals surface area contributed by atoms with Gasteiger partial charge in [0.2, 0.25) is 0 Å². The Kier molecular flexibility index (Phi) is 4.18. The molecule has 0 fully saturated rings. The van der Waals surface area contributed by atoms with Crippen LogP contribution in [0.5, 0.6) is 5.75 Å². The molecule has 3 heteroatoms. The highest BCUT2D eigenvalue weighted by Gasteiger charge is 2.24. The van der Waals surface area contributed by atoms with E-state index in [2.05, 4.69) is 25.2 Å². The van der Waals surface area contributed by atoms with Gasteiger partial charge in [-0.3, -0.25) is 0 Å². The molecule has 0 atom stereocenters. The molecule has 1 heterocycles. The molecule has 1 aliphatic rings. The molecule has 18 heavy (non-hydrogen) atoms. The van der Waals surface area contributed by atoms with E-state index in [-0.39, 0.29) is 5.41 Å². The zero-order valence-electron chi connectivity index (χ0n) is 11.5. The Morgan fingerprint density at radius 1 is 1.39 bits per heavy atom. The molecule has 0 amide bonds. The number of ether oxygens (including phenoxy) is 1. The second-order valence-electron chi connectivity index (χ2n) is 5.85. The Morgan fingerprint density at radius 3 is 2.89 bits per heavy atom. The Bertz CT molecular complexity index is 429. The summed E-state index contributed by atoms with van der Waals surface area (Å²) in [5.74, 6) is 1.08. The van der Waals surface area contributed by atoms with Crippen molar-refractivity contribution in [1.29, 1.82) is 0 Å². The molecule has 100 valence electrons. The molecule has 1 N–H and O–H groups in total. The van der Waals surface area contributed by atoms with Crippen LogP contribution < -0.4 is 10.1 Å². The fraction of sp³-hybridized carbons (Fsp3) is 0.600. The van der Waals surface area contributed by atoms with Crippen LogP contribution in [-0.2, 0) is 12.8 Å². The summed E-state index contributed by atoms with van der Waals surface area (Å²) in [6.07, 6.45) is 3.14. The standard InChI is InChI=1S/C15H22ClNO/c1-15(2,5-6-17-3)10-12-9-13(16)8-11-4-7-18-14(11)12/h8-9,17H,4-7,10H2,1-3H3. The summed E-state index contributed by atoms with van der Waals surface area (Å²) >= 11 is 6.19. The van der Waals surface area contributed by atoms with E-state index in [4.69, 9.17) is 16.3 Å². The van der Waals surface area contributed by atoms with Crippen LogP contribution in [0.1, 0.15) is 31.4 Å². The van der Waals surface area contributed by atoms with Crippen molar-refractivity contribution in [2.24, 2.45) is 5.41 Å². The fourth-order valence-electron chi connectivity index (χ4n) is 2.54. The van der Waals surface area contributed by atoms with E-state index in [9.17, 15) is 0 Å². The average molecular weight is 268 g/mol. The first-order chi connectivity index (χ1) is 8.52. The van der Waals surface area contributed by atoms with Gasteiger partial charge >= 0.3 is 0 Å². The number of fused-ring (bicyclic) bond motifs is 1. The van der Waals surface area contributed by atoms with Gasteiger partial charge in [-0.1, -0.05) is 25.4 Å². The van der Waals surface area contributed by atoms with Gasteiger partial charge in [-0.15, -0.1) is 0 Å². The van der Waals surface area contributed by atoms with Crippen LogP contribution in [-0.4, -0.2) is 20.2 Å². The molecule has 0 saturated heterocycles. The van der Waals surface area contributed by atoms with Crippen molar-refractivity contribution >= 4 is 11.6 Å². The highest BCUT2D eigenvalue weighted by atomic mass is 35.5. The summed E-state index contributed by atoms with van der Waals surface area (Å²) in [4.78, 5) is 0. The Balaban J connectivity index is 2.19. The third kappa shape index (κ3) is 3.18. The zero-order chi connectivity index (χ0) is 13.2. The minimum absolute atomic E-state index is 0.257. The van der Waals surface area contributed by atoms with Crippen molar-refractivity contribution < 1.29 is 4.74 Å². The van der Waals surface area contributed by atoms with E-state index >= 15 is 0 Å². The molecule has 0 aromatic heterocycles. The average Bonchev–Trinajstić information content (AvgIpc) is 2.74. The summed E-state index contributed by atoms with van der Waals surface area (Å²) in [5, 5.41) is 4.05. The normalized spacial score (nSPS) is 14.4. The summed E-state index contributed by atoms with van der Waals surface area (Å²) in [6.45, 7) is 6.43. The Labute approximate surface area is 115 Å². The highest BCUT2D eigenvalue weighted by Crippen LogP contribution is 2.37. The van der Waals surface area contributed by atoms with Gasteiger partial charge in [-0.25, -0.2) is 0 Å². The lowest BCUT2D eigenvalue weighted by molar-refractivity contribution is 0.314. The van der Waals surface area contributed by atoms with E-state index < -0.39 is 0 Å². The minimum atomic E-state index is 0.257. The third-order valence-electron chi connectivity index (χ3n) is 3.55. The first-order valence-corrected chi connectivity index (χ1v) is 6.98. The third-order valence-corrected chi connectivity index (χ3v) is 3.76. The van der Waals surface area contributed by atoms with Gasteiger partial charge in [0.1, 0.15) is 5.75 Å². The number of hydrogen-bond donors (Lipinski definition) is 1. The minimum Gasteiger partial charge on any atom is -0.493 e. The first-order valence-electron chi connectivity index (χ1n) is 6.60. The lowest BCUT2D eigenvalue weighted by Crippen LogP contribution is -2.22. The molecule has 2 nitrogen and oxygen atoms in total. The van der Waals surface area contributed by atoms with Gasteiger partial charge in [0, 0.05) is 11.4 Å². The van der Waals surface area contributed by atoms with Crippen LogP contribution >= 0.6 is 11.6 Å². The van der Waals surface area contributed by atoms with Crippen molar-refractivity contribution in [2.75, 3.05) is 20.2 Å². The van der Waals surface area contributed by atoms with Gasteiger partial charge in [0.05, 0.1) is 6.61 Å². The van der Waals surface area contributed by atoms with Crippen LogP contribution in [0.3, 0.4) is 0 Å². The molecule has 0 bridgehead atoms. The summed E-state index contributed by atoms with van der Waals surface area (Å²) in [7, 11) is 2.00. The maximum Gasteiger partial charge on any atom is 0.125 e. The van der Waals surface area contributed by atoms with Gasteiger partial charge in [0.15, 0.2) is 0 Å². The van der Waals surface area contributed by atoms with Crippen molar-refractivity contribution in [3.8, 4) is 5.75 Å². The maximum atomic E-state index is 6.19. The van der Waals surface area contributed by atoms with E-state index in [0.717, 1.165) is 43.2 Å². The first kappa shape index (κ1) is 13.7. The van der Waals surface area contributed by atoms with Crippen molar-refractivity contribution in [1.82, 2.24) is 5.32 Å². The molecule has 0 unspecified atom stereocenters. The van der Waals surface area contributed by atoms with Crippen molar-refractivity contribution in [2.45, 2.75) is 33.1 Å². The van der Waals surface area contributed by atoms with Gasteiger partial charge in [-0.05, 0) is 55.1 Å². The topological polar surface area (TPSA) is 21.3 Å². The van der Waals surface area contributed by atoms with Crippen LogP contribution in [0.2, 0.25) is 5.02 Å². The van der Waals surface area contributed by atoms with Gasteiger partial charge < -0.3 is 10.1 Å². The summed E-state index contributed by atoms with van der Waals surface area (Å²) in [5.41, 5.74) is 2.78. The lowest BCUT2D eigenvalue weighted by Gasteiger charge is -2.25. The number of halogens is 1. The number of benzene rings is 1. The smallest absolute Gasteiger partial charge is 0.125 e. The molecule has 1 aliphatic heterocycles. The predicted octanol–water partition coefficient (Wildman–Crippen LogP) is 3.45. The fourth-order valence-corrected chi connectivity index (χ4v) is 2.81. The van der Waals surface area contributed by atoms with Gasteiger partial charge in [-0.2, -0.15) is 0 Å². The highest BCUT2D eigenvalue weighted by molar-refractivity contribution is 6.30. The SMILES string of the molecule is CNCCC(C)(C)Cc1cc(Cl)cc2c1OCC2. The van der Waals surface area contributed by atoms with Crippen molar-refractivity contribution in [3.63, 3.8) is 0 Å². The van der Waals surface area contributed by atoms with Gasteiger partial charge in [0.25, 0.3) is 0 Å². The van der Waals surface area contributed by atoms with E-state index in [0.29, 0.717) is 0 Å². The van der Waals surface area contributed by atoms with Crippen LogP contribution in [0.15, 0.2) is 12.1 Å². The molecule has 1 aromatic carbocycles. The number of hydrogen-bond acceptors (Lipinski definition) is 2. The summed E-state index contributed by atoms with van der Waals surface area (Å²) in [6, 6.07) is 4.10. The molecule has 1 aromatic rings. The lowest BCUT2D eigenvalue weighted by atomic mass is 9.82.